The second-order valence-corrected chi connectivity index (χ2v) is 6.39. The van der Waals surface area contributed by atoms with Crippen molar-refractivity contribution in [1.82, 2.24) is 19.6 Å². The van der Waals surface area contributed by atoms with Gasteiger partial charge < -0.3 is 10.2 Å². The molecular formula is C21H20N6O. The van der Waals surface area contributed by atoms with E-state index in [1.807, 2.05) is 54.4 Å². The van der Waals surface area contributed by atoms with Gasteiger partial charge in [-0.05, 0) is 42.3 Å². The standard InChI is InChI=1S/C21H20N6O/c1-3-15-6-8-16(9-7-15)24-21(28)18-14-23-27-12-10-19(25-20(18)27)26(2)17-5-4-11-22-13-17/h4-14H,3H2,1-2H3,(H,24,28). The van der Waals surface area contributed by atoms with Crippen LogP contribution in [0.5, 0.6) is 0 Å². The molecule has 0 unspecified atom stereocenters. The van der Waals surface area contributed by atoms with Crippen LogP contribution in [0.4, 0.5) is 17.2 Å². The van der Waals surface area contributed by atoms with E-state index in [-0.39, 0.29) is 5.91 Å². The van der Waals surface area contributed by atoms with E-state index >= 15 is 0 Å². The summed E-state index contributed by atoms with van der Waals surface area (Å²) in [6, 6.07) is 13.5. The van der Waals surface area contributed by atoms with Crippen molar-refractivity contribution in [3.05, 3.63) is 78.4 Å². The molecule has 4 aromatic rings. The first-order valence-electron chi connectivity index (χ1n) is 9.04. The first-order valence-corrected chi connectivity index (χ1v) is 9.04. The number of aryl methyl sites for hydroxylation is 1. The number of rotatable bonds is 5. The van der Waals surface area contributed by atoms with Gasteiger partial charge in [0.2, 0.25) is 0 Å². The normalized spacial score (nSPS) is 10.8. The molecule has 28 heavy (non-hydrogen) atoms. The minimum Gasteiger partial charge on any atom is -0.328 e. The fourth-order valence-electron chi connectivity index (χ4n) is 2.91. The second-order valence-electron chi connectivity index (χ2n) is 6.39. The summed E-state index contributed by atoms with van der Waals surface area (Å²) < 4.78 is 1.59. The highest BCUT2D eigenvalue weighted by molar-refractivity contribution is 6.08. The molecule has 3 heterocycles. The Morgan fingerprint density at radius 1 is 1.14 bits per heavy atom. The van der Waals surface area contributed by atoms with Gasteiger partial charge in [0, 0.05) is 25.1 Å². The summed E-state index contributed by atoms with van der Waals surface area (Å²) in [4.78, 5) is 23.5. The van der Waals surface area contributed by atoms with Crippen molar-refractivity contribution in [3.8, 4) is 0 Å². The lowest BCUT2D eigenvalue weighted by Crippen LogP contribution is -2.14. The quantitative estimate of drug-likeness (QED) is 0.578. The maximum absolute atomic E-state index is 12.8. The molecule has 0 aliphatic carbocycles. The molecule has 0 aliphatic rings. The summed E-state index contributed by atoms with van der Waals surface area (Å²) in [5.41, 5.74) is 3.78. The third-order valence-electron chi connectivity index (χ3n) is 4.60. The summed E-state index contributed by atoms with van der Waals surface area (Å²) in [7, 11) is 1.90. The zero-order valence-corrected chi connectivity index (χ0v) is 15.7. The van der Waals surface area contributed by atoms with Crippen LogP contribution in [-0.2, 0) is 6.42 Å². The van der Waals surface area contributed by atoms with Crippen LogP contribution in [0, 0.1) is 0 Å². The Kier molecular flexibility index (Phi) is 4.72. The molecule has 1 amide bonds. The Hall–Kier alpha value is -3.74. The Balaban J connectivity index is 1.63. The lowest BCUT2D eigenvalue weighted by molar-refractivity contribution is 0.102. The Morgan fingerprint density at radius 2 is 1.96 bits per heavy atom. The molecule has 0 fully saturated rings. The summed E-state index contributed by atoms with van der Waals surface area (Å²) >= 11 is 0. The first kappa shape index (κ1) is 17.7. The summed E-state index contributed by atoms with van der Waals surface area (Å²) in [5.74, 6) is 0.454. The van der Waals surface area contributed by atoms with Gasteiger partial charge in [-0.1, -0.05) is 19.1 Å². The number of hydrogen-bond acceptors (Lipinski definition) is 5. The smallest absolute Gasteiger partial charge is 0.261 e. The molecule has 3 aromatic heterocycles. The Labute approximate surface area is 162 Å². The maximum Gasteiger partial charge on any atom is 0.261 e. The van der Waals surface area contributed by atoms with Crippen LogP contribution in [0.15, 0.2) is 67.3 Å². The minimum absolute atomic E-state index is 0.243. The van der Waals surface area contributed by atoms with Gasteiger partial charge in [0.1, 0.15) is 11.4 Å². The average molecular weight is 372 g/mol. The molecule has 0 atom stereocenters. The van der Waals surface area contributed by atoms with Crippen LogP contribution in [0.2, 0.25) is 0 Å². The van der Waals surface area contributed by atoms with Crippen LogP contribution < -0.4 is 10.2 Å². The third-order valence-corrected chi connectivity index (χ3v) is 4.60. The predicted octanol–water partition coefficient (Wildman–Crippen LogP) is 3.71. The van der Waals surface area contributed by atoms with Crippen molar-refractivity contribution in [2.45, 2.75) is 13.3 Å². The van der Waals surface area contributed by atoms with Crippen molar-refractivity contribution in [3.63, 3.8) is 0 Å². The Bertz CT molecular complexity index is 1100. The van der Waals surface area contributed by atoms with Gasteiger partial charge in [0.05, 0.1) is 18.1 Å². The molecule has 0 saturated carbocycles. The number of carbonyl (C=O) groups excluding carboxylic acids is 1. The molecule has 140 valence electrons. The van der Waals surface area contributed by atoms with Gasteiger partial charge in [-0.15, -0.1) is 0 Å². The van der Waals surface area contributed by atoms with Gasteiger partial charge in [-0.2, -0.15) is 5.10 Å². The second kappa shape index (κ2) is 7.48. The van der Waals surface area contributed by atoms with Gasteiger partial charge in [-0.25, -0.2) is 9.50 Å². The SMILES string of the molecule is CCc1ccc(NC(=O)c2cnn3ccc(N(C)c4cccnc4)nc23)cc1. The third kappa shape index (κ3) is 3.42. The summed E-state index contributed by atoms with van der Waals surface area (Å²) in [6.45, 7) is 2.10. The van der Waals surface area contributed by atoms with Crippen LogP contribution >= 0.6 is 0 Å². The molecule has 0 bridgehead atoms. The number of carbonyl (C=O) groups is 1. The maximum atomic E-state index is 12.8. The zero-order valence-electron chi connectivity index (χ0n) is 15.7. The van der Waals surface area contributed by atoms with E-state index in [2.05, 4.69) is 27.3 Å². The number of hydrogen-bond donors (Lipinski definition) is 1. The summed E-state index contributed by atoms with van der Waals surface area (Å²) in [5, 5.41) is 7.16. The van der Waals surface area contributed by atoms with Crippen molar-refractivity contribution >= 4 is 28.7 Å². The number of benzene rings is 1. The van der Waals surface area contributed by atoms with Gasteiger partial charge in [0.15, 0.2) is 5.65 Å². The summed E-state index contributed by atoms with van der Waals surface area (Å²) in [6.07, 6.45) is 7.76. The molecule has 1 aromatic carbocycles. The fourth-order valence-corrected chi connectivity index (χ4v) is 2.91. The van der Waals surface area contributed by atoms with Crippen molar-refractivity contribution in [2.24, 2.45) is 0 Å². The van der Waals surface area contributed by atoms with Crippen molar-refractivity contribution in [1.29, 1.82) is 0 Å². The number of anilines is 3. The van der Waals surface area contributed by atoms with Crippen LogP contribution in [0.1, 0.15) is 22.8 Å². The number of fused-ring (bicyclic) bond motifs is 1. The molecule has 0 aliphatic heterocycles. The molecule has 1 N–H and O–H groups in total. The first-order chi connectivity index (χ1) is 13.7. The van der Waals surface area contributed by atoms with E-state index in [1.165, 1.54) is 11.8 Å². The van der Waals surface area contributed by atoms with E-state index in [1.54, 1.807) is 23.1 Å². The molecule has 7 nitrogen and oxygen atoms in total. The molecule has 7 heteroatoms. The lowest BCUT2D eigenvalue weighted by atomic mass is 10.1. The number of nitrogens with one attached hydrogen (secondary N) is 1. The highest BCUT2D eigenvalue weighted by Crippen LogP contribution is 2.22. The minimum atomic E-state index is -0.243. The van der Waals surface area contributed by atoms with E-state index in [9.17, 15) is 4.79 Å². The topological polar surface area (TPSA) is 75.4 Å². The van der Waals surface area contributed by atoms with Crippen LogP contribution in [0.3, 0.4) is 0 Å². The number of amides is 1. The zero-order chi connectivity index (χ0) is 19.5. The van der Waals surface area contributed by atoms with Crippen LogP contribution in [0.25, 0.3) is 5.65 Å². The van der Waals surface area contributed by atoms with Crippen molar-refractivity contribution < 1.29 is 4.79 Å². The van der Waals surface area contributed by atoms with E-state index < -0.39 is 0 Å². The monoisotopic (exact) mass is 372 g/mol. The number of nitrogens with zero attached hydrogens (tertiary/aromatic N) is 5. The van der Waals surface area contributed by atoms with Gasteiger partial charge in [-0.3, -0.25) is 9.78 Å². The largest absolute Gasteiger partial charge is 0.328 e. The van der Waals surface area contributed by atoms with E-state index in [0.29, 0.717) is 17.0 Å². The molecule has 4 rings (SSSR count). The van der Waals surface area contributed by atoms with Crippen LogP contribution in [-0.4, -0.2) is 32.5 Å². The number of aromatic nitrogens is 4. The molecule has 0 radical (unpaired) electrons. The van der Waals surface area contributed by atoms with E-state index in [0.717, 1.165) is 17.8 Å². The average Bonchev–Trinajstić information content (AvgIpc) is 3.18. The highest BCUT2D eigenvalue weighted by atomic mass is 16.1. The fraction of sp³-hybridized carbons (Fsp3) is 0.143. The lowest BCUT2D eigenvalue weighted by Gasteiger charge is -2.17. The molecular weight excluding hydrogens is 352 g/mol. The van der Waals surface area contributed by atoms with E-state index in [4.69, 9.17) is 0 Å². The van der Waals surface area contributed by atoms with Crippen molar-refractivity contribution in [2.75, 3.05) is 17.3 Å². The highest BCUT2D eigenvalue weighted by Gasteiger charge is 2.16. The molecule has 0 saturated heterocycles. The van der Waals surface area contributed by atoms with Gasteiger partial charge >= 0.3 is 0 Å². The number of pyridine rings is 1. The van der Waals surface area contributed by atoms with Gasteiger partial charge in [0.25, 0.3) is 5.91 Å². The Morgan fingerprint density at radius 3 is 2.68 bits per heavy atom. The molecule has 0 spiro atoms. The predicted molar refractivity (Wildman–Crippen MR) is 109 cm³/mol.